The zero-order valence-electron chi connectivity index (χ0n) is 40.9. The quantitative estimate of drug-likeness (QED) is 0.0275. The molecule has 0 amide bonds. The zero-order valence-corrected chi connectivity index (χ0v) is 42.5. The van der Waals surface area contributed by atoms with Gasteiger partial charge >= 0.3 is 0 Å². The molecule has 2 aliphatic heterocycles. The van der Waals surface area contributed by atoms with E-state index in [2.05, 4.69) is 74.8 Å². The number of hydrogen-bond donors (Lipinski definition) is 6. The van der Waals surface area contributed by atoms with Crippen molar-refractivity contribution in [2.75, 3.05) is 83.8 Å². The highest BCUT2D eigenvalue weighted by Gasteiger charge is 2.19. The normalized spacial score (nSPS) is 13.2. The number of pyridine rings is 2. The molecule has 10 rings (SSSR count). The van der Waals surface area contributed by atoms with Crippen LogP contribution >= 0.6 is 23.2 Å². The molecule has 21 heteroatoms. The van der Waals surface area contributed by atoms with Gasteiger partial charge in [0, 0.05) is 71.8 Å². The maximum atomic E-state index is 14.2. The molecule has 4 aromatic heterocycles. The van der Waals surface area contributed by atoms with E-state index in [1.807, 2.05) is 109 Å². The fourth-order valence-electron chi connectivity index (χ4n) is 7.96. The summed E-state index contributed by atoms with van der Waals surface area (Å²) < 4.78 is 32.8. The molecule has 75 heavy (non-hydrogen) atoms. The molecule has 8 aromatic rings. The Labute approximate surface area is 442 Å². The number of nitrogens with two attached hydrogens (primary N) is 1. The molecule has 0 saturated carbocycles. The Bertz CT molecular complexity index is 3140. The van der Waals surface area contributed by atoms with Crippen molar-refractivity contribution in [1.29, 1.82) is 0 Å². The van der Waals surface area contributed by atoms with Gasteiger partial charge in [0.1, 0.15) is 5.69 Å². The van der Waals surface area contributed by atoms with Gasteiger partial charge in [-0.2, -0.15) is 15.1 Å². The van der Waals surface area contributed by atoms with E-state index in [4.69, 9.17) is 33.8 Å². The number of aldehydes is 1. The number of hydrazone groups is 1. The first-order valence-corrected chi connectivity index (χ1v) is 24.5. The van der Waals surface area contributed by atoms with Gasteiger partial charge in [-0.05, 0) is 96.8 Å². The number of nitrogens with zero attached hydrogens (tertiary/aromatic N) is 9. The molecule has 7 N–H and O–H groups in total. The molecule has 0 spiro atoms. The SMILES string of the molecule is Cc1cccc(Cl)c1-c1ccc(Nc2ccc(/C=N/Nc3ncc(F)c(N4CCNCC4)n3)nc2)cc1.Cc1cccc(Cl)c1-c1ccc(Nc2ccc(C=O)nc2)cc1.NNc1ncc(F)c(N2CCOCC2)n1. The summed E-state index contributed by atoms with van der Waals surface area (Å²) in [5, 5.41) is 15.5. The third-order valence-electron chi connectivity index (χ3n) is 11.7. The molecule has 2 saturated heterocycles. The Balaban J connectivity index is 0.000000166. The van der Waals surface area contributed by atoms with Gasteiger partial charge in [0.2, 0.25) is 11.9 Å². The van der Waals surface area contributed by atoms with Gasteiger partial charge < -0.3 is 30.5 Å². The molecule has 17 nitrogen and oxygen atoms in total. The number of rotatable bonds is 13. The van der Waals surface area contributed by atoms with Crippen LogP contribution in [0.1, 0.15) is 27.3 Å². The molecular formula is C54H53Cl2F2N15O2. The third kappa shape index (κ3) is 14.5. The molecule has 0 bridgehead atoms. The van der Waals surface area contributed by atoms with E-state index in [-0.39, 0.29) is 23.5 Å². The smallest absolute Gasteiger partial charge is 0.245 e. The Morgan fingerprint density at radius 2 is 1.09 bits per heavy atom. The van der Waals surface area contributed by atoms with Gasteiger partial charge in [-0.3, -0.25) is 20.2 Å². The fourth-order valence-corrected chi connectivity index (χ4v) is 8.63. The minimum atomic E-state index is -0.449. The summed E-state index contributed by atoms with van der Waals surface area (Å²) in [7, 11) is 0. The first kappa shape index (κ1) is 53.1. The summed E-state index contributed by atoms with van der Waals surface area (Å²) in [5.41, 5.74) is 16.2. The van der Waals surface area contributed by atoms with E-state index in [9.17, 15) is 13.6 Å². The monoisotopic (exact) mass is 1050 g/mol. The highest BCUT2D eigenvalue weighted by molar-refractivity contribution is 6.34. The summed E-state index contributed by atoms with van der Waals surface area (Å²) in [4.78, 5) is 38.6. The van der Waals surface area contributed by atoms with E-state index in [0.717, 1.165) is 97.9 Å². The number of carbonyl (C=O) groups excluding carboxylic acids is 1. The summed E-state index contributed by atoms with van der Waals surface area (Å²) in [6, 6.07) is 35.2. The molecule has 6 heterocycles. The van der Waals surface area contributed by atoms with Crippen molar-refractivity contribution >= 4 is 82.0 Å². The first-order valence-electron chi connectivity index (χ1n) is 23.8. The highest BCUT2D eigenvalue weighted by Crippen LogP contribution is 2.34. The maximum Gasteiger partial charge on any atom is 0.245 e. The summed E-state index contributed by atoms with van der Waals surface area (Å²) in [6.07, 6.45) is 7.91. The molecule has 2 fully saturated rings. The van der Waals surface area contributed by atoms with Crippen LogP contribution in [-0.4, -0.2) is 94.9 Å². The third-order valence-corrected chi connectivity index (χ3v) is 12.4. The average Bonchev–Trinajstić information content (AvgIpc) is 3.44. The van der Waals surface area contributed by atoms with Gasteiger partial charge in [0.25, 0.3) is 0 Å². The van der Waals surface area contributed by atoms with Crippen LogP contribution in [0.5, 0.6) is 0 Å². The minimum absolute atomic E-state index is 0.206. The van der Waals surface area contributed by atoms with Gasteiger partial charge in [0.05, 0.1) is 61.3 Å². The van der Waals surface area contributed by atoms with E-state index in [1.54, 1.807) is 29.6 Å². The molecule has 0 radical (unpaired) electrons. The summed E-state index contributed by atoms with van der Waals surface area (Å²) in [5.74, 6) is 5.23. The molecule has 384 valence electrons. The summed E-state index contributed by atoms with van der Waals surface area (Å²) in [6.45, 7) is 9.45. The molecule has 0 unspecified atom stereocenters. The lowest BCUT2D eigenvalue weighted by Crippen LogP contribution is -2.44. The number of morpholine rings is 1. The number of aromatic nitrogens is 6. The van der Waals surface area contributed by atoms with Crippen molar-refractivity contribution < 1.29 is 18.3 Å². The van der Waals surface area contributed by atoms with Crippen molar-refractivity contribution in [2.45, 2.75) is 13.8 Å². The van der Waals surface area contributed by atoms with Gasteiger partial charge in [-0.25, -0.2) is 30.0 Å². The number of halogens is 4. The molecule has 0 aliphatic carbocycles. The summed E-state index contributed by atoms with van der Waals surface area (Å²) >= 11 is 12.7. The maximum absolute atomic E-state index is 14.2. The van der Waals surface area contributed by atoms with Crippen LogP contribution < -0.4 is 42.4 Å². The molecular weight excluding hydrogens is 1000 g/mol. The predicted molar refractivity (Wildman–Crippen MR) is 295 cm³/mol. The number of hydrogen-bond acceptors (Lipinski definition) is 17. The van der Waals surface area contributed by atoms with Crippen LogP contribution in [0.15, 0.2) is 139 Å². The van der Waals surface area contributed by atoms with Crippen molar-refractivity contribution in [3.8, 4) is 22.3 Å². The molecule has 0 atom stereocenters. The van der Waals surface area contributed by atoms with Crippen molar-refractivity contribution in [1.82, 2.24) is 35.2 Å². The Morgan fingerprint density at radius 3 is 1.57 bits per heavy atom. The lowest BCUT2D eigenvalue weighted by molar-refractivity contribution is 0.111. The number of aryl methyl sites for hydroxylation is 2. The number of ether oxygens (including phenoxy) is 1. The van der Waals surface area contributed by atoms with E-state index < -0.39 is 11.6 Å². The Kier molecular flexibility index (Phi) is 18.5. The standard InChI is InChI=1S/C27H26ClFN8.C19H15ClN2O.C8H12FN5O/c1-18-3-2-4-23(28)25(18)19-5-7-20(8-6-19)34-22-10-9-21(31-15-22)16-33-36-27-32-17-24(29)26(35-27)37-13-11-30-12-14-37;1-13-3-2-4-18(20)19(13)14-5-7-15(8-6-14)22-16-9-10-17(12-23)21-11-16;9-6-5-11-8(13-10)12-7(6)14-1-3-15-4-2-14/h2-10,15-17,30,34H,11-14H2,1H3,(H,32,35,36);2-12,22H,1H3;5H,1-4,10H2,(H,11,12,13)/b33-16+;;. The number of piperazine rings is 1. The number of nitrogen functional groups attached to an aromatic ring is 1. The van der Waals surface area contributed by atoms with E-state index in [1.165, 1.54) is 0 Å². The van der Waals surface area contributed by atoms with Crippen molar-refractivity contribution in [3.05, 3.63) is 178 Å². The van der Waals surface area contributed by atoms with Crippen LogP contribution in [0.25, 0.3) is 22.3 Å². The van der Waals surface area contributed by atoms with E-state index in [0.29, 0.717) is 50.8 Å². The zero-order chi connectivity index (χ0) is 52.5. The largest absolute Gasteiger partial charge is 0.378 e. The molecule has 4 aromatic carbocycles. The number of carbonyl (C=O) groups is 1. The second-order valence-electron chi connectivity index (χ2n) is 16.9. The number of hydrazine groups is 1. The second-order valence-corrected chi connectivity index (χ2v) is 17.7. The van der Waals surface area contributed by atoms with Gasteiger partial charge in [0.15, 0.2) is 29.6 Å². The topological polar surface area (TPSA) is 209 Å². The van der Waals surface area contributed by atoms with E-state index >= 15 is 0 Å². The number of anilines is 8. The van der Waals surface area contributed by atoms with Crippen molar-refractivity contribution in [3.63, 3.8) is 0 Å². The molecule has 2 aliphatic rings. The number of benzene rings is 4. The van der Waals surface area contributed by atoms with Crippen LogP contribution in [-0.2, 0) is 4.74 Å². The Hall–Kier alpha value is -8.20. The lowest BCUT2D eigenvalue weighted by atomic mass is 10.0. The lowest BCUT2D eigenvalue weighted by Gasteiger charge is -2.28. The predicted octanol–water partition coefficient (Wildman–Crippen LogP) is 10.2. The van der Waals surface area contributed by atoms with Crippen LogP contribution in [0.4, 0.5) is 55.1 Å². The minimum Gasteiger partial charge on any atom is -0.378 e. The average molecular weight is 1050 g/mol. The first-order chi connectivity index (χ1) is 36.5. The van der Waals surface area contributed by atoms with Crippen molar-refractivity contribution in [2.24, 2.45) is 10.9 Å². The van der Waals surface area contributed by atoms with Crippen LogP contribution in [0.3, 0.4) is 0 Å². The second kappa shape index (κ2) is 26.1. The number of nitrogens with one attached hydrogen (secondary N) is 5. The van der Waals surface area contributed by atoms with Crippen LogP contribution in [0.2, 0.25) is 10.0 Å². The van der Waals surface area contributed by atoms with Crippen LogP contribution in [0, 0.1) is 25.5 Å². The Morgan fingerprint density at radius 1 is 0.613 bits per heavy atom. The highest BCUT2D eigenvalue weighted by atomic mass is 35.5. The van der Waals surface area contributed by atoms with Gasteiger partial charge in [-0.15, -0.1) is 0 Å². The van der Waals surface area contributed by atoms with Gasteiger partial charge in [-0.1, -0.05) is 71.7 Å². The fraction of sp³-hybridized carbons (Fsp3) is 0.185.